The molecular formula is C9H4F2IN. The number of halogens is 3. The molecule has 2 rings (SSSR count). The number of fused-ring (bicyclic) bond motifs is 1. The number of nitrogens with zero attached hydrogens (tertiary/aromatic N) is 1. The zero-order valence-electron chi connectivity index (χ0n) is 6.39. The molecule has 0 unspecified atom stereocenters. The molecule has 66 valence electrons. The number of pyridine rings is 1. The van der Waals surface area contributed by atoms with Crippen molar-refractivity contribution in [2.24, 2.45) is 0 Å². The van der Waals surface area contributed by atoms with Gasteiger partial charge in [0.15, 0.2) is 5.82 Å². The Labute approximate surface area is 86.9 Å². The van der Waals surface area contributed by atoms with Crippen LogP contribution in [0.2, 0.25) is 0 Å². The maximum Gasteiger partial charge on any atom is 0.229 e. The summed E-state index contributed by atoms with van der Waals surface area (Å²) < 4.78 is 26.3. The molecule has 0 saturated carbocycles. The van der Waals surface area contributed by atoms with Crippen molar-refractivity contribution >= 4 is 33.5 Å². The quantitative estimate of drug-likeness (QED) is 0.537. The van der Waals surface area contributed by atoms with Gasteiger partial charge in [-0.1, -0.05) is 12.1 Å². The van der Waals surface area contributed by atoms with E-state index in [-0.39, 0.29) is 3.57 Å². The largest absolute Gasteiger partial charge is 0.229 e. The van der Waals surface area contributed by atoms with Gasteiger partial charge in [-0.15, -0.1) is 0 Å². The minimum Gasteiger partial charge on any atom is -0.219 e. The monoisotopic (exact) mass is 291 g/mol. The summed E-state index contributed by atoms with van der Waals surface area (Å²) in [6, 6.07) is 6.55. The summed E-state index contributed by atoms with van der Waals surface area (Å²) >= 11 is 1.60. The standard InChI is InChI=1S/C9H4F2IN/c10-7-5-3-1-2-4-6(5)13-9(11)8(7)12/h1-4H. The molecule has 0 N–H and O–H groups in total. The van der Waals surface area contributed by atoms with Gasteiger partial charge in [0.1, 0.15) is 3.57 Å². The van der Waals surface area contributed by atoms with Gasteiger partial charge in [0.05, 0.1) is 5.52 Å². The van der Waals surface area contributed by atoms with E-state index in [2.05, 4.69) is 4.98 Å². The maximum absolute atomic E-state index is 13.4. The van der Waals surface area contributed by atoms with Gasteiger partial charge in [0.25, 0.3) is 0 Å². The fourth-order valence-electron chi connectivity index (χ4n) is 1.12. The molecule has 0 aliphatic rings. The number of hydrogen-bond donors (Lipinski definition) is 0. The van der Waals surface area contributed by atoms with Gasteiger partial charge < -0.3 is 0 Å². The molecule has 4 heteroatoms. The van der Waals surface area contributed by atoms with Crippen LogP contribution in [0.25, 0.3) is 10.9 Å². The predicted octanol–water partition coefficient (Wildman–Crippen LogP) is 3.12. The Balaban J connectivity index is 2.94. The van der Waals surface area contributed by atoms with Crippen LogP contribution in [0, 0.1) is 15.3 Å². The minimum atomic E-state index is -0.753. The Kier molecular flexibility index (Phi) is 2.15. The van der Waals surface area contributed by atoms with Gasteiger partial charge in [0, 0.05) is 5.39 Å². The number of rotatable bonds is 0. The number of aromatic nitrogens is 1. The Morgan fingerprint density at radius 2 is 1.85 bits per heavy atom. The molecule has 0 aliphatic carbocycles. The highest BCUT2D eigenvalue weighted by molar-refractivity contribution is 14.1. The van der Waals surface area contributed by atoms with Crippen LogP contribution >= 0.6 is 22.6 Å². The lowest BCUT2D eigenvalue weighted by Gasteiger charge is -2.00. The van der Waals surface area contributed by atoms with E-state index < -0.39 is 11.8 Å². The van der Waals surface area contributed by atoms with E-state index in [1.165, 1.54) is 0 Å². The fraction of sp³-hybridized carbons (Fsp3) is 0. The molecule has 0 bridgehead atoms. The van der Waals surface area contributed by atoms with Crippen molar-refractivity contribution in [3.05, 3.63) is 39.6 Å². The average molecular weight is 291 g/mol. The van der Waals surface area contributed by atoms with Crippen LogP contribution < -0.4 is 0 Å². The van der Waals surface area contributed by atoms with E-state index in [1.807, 2.05) is 0 Å². The maximum atomic E-state index is 13.4. The van der Waals surface area contributed by atoms with Crippen LogP contribution in [-0.4, -0.2) is 4.98 Å². The normalized spacial score (nSPS) is 10.7. The Bertz CT molecular complexity index is 470. The first-order valence-electron chi connectivity index (χ1n) is 3.59. The molecule has 0 saturated heterocycles. The molecule has 0 aliphatic heterocycles. The molecular weight excluding hydrogens is 287 g/mol. The van der Waals surface area contributed by atoms with E-state index in [0.717, 1.165) is 0 Å². The first-order valence-corrected chi connectivity index (χ1v) is 4.67. The predicted molar refractivity (Wildman–Crippen MR) is 54.4 cm³/mol. The second kappa shape index (κ2) is 3.17. The highest BCUT2D eigenvalue weighted by Gasteiger charge is 2.11. The third-order valence-electron chi connectivity index (χ3n) is 1.73. The van der Waals surface area contributed by atoms with Crippen molar-refractivity contribution in [3.63, 3.8) is 0 Å². The second-order valence-electron chi connectivity index (χ2n) is 2.55. The van der Waals surface area contributed by atoms with Crippen molar-refractivity contribution < 1.29 is 8.78 Å². The number of benzene rings is 1. The lowest BCUT2D eigenvalue weighted by atomic mass is 10.2. The van der Waals surface area contributed by atoms with Gasteiger partial charge in [-0.25, -0.2) is 9.37 Å². The van der Waals surface area contributed by atoms with Crippen molar-refractivity contribution in [2.45, 2.75) is 0 Å². The van der Waals surface area contributed by atoms with E-state index in [0.29, 0.717) is 10.9 Å². The second-order valence-corrected chi connectivity index (χ2v) is 3.63. The molecule has 0 fully saturated rings. The molecule has 0 radical (unpaired) electrons. The van der Waals surface area contributed by atoms with E-state index in [9.17, 15) is 8.78 Å². The highest BCUT2D eigenvalue weighted by Crippen LogP contribution is 2.21. The summed E-state index contributed by atoms with van der Waals surface area (Å²) in [5, 5.41) is 0.355. The molecule has 0 atom stereocenters. The van der Waals surface area contributed by atoms with Crippen LogP contribution in [-0.2, 0) is 0 Å². The zero-order valence-corrected chi connectivity index (χ0v) is 8.55. The summed E-state index contributed by atoms with van der Waals surface area (Å²) in [5.41, 5.74) is 0.345. The molecule has 1 aromatic heterocycles. The molecule has 1 nitrogen and oxygen atoms in total. The molecule has 1 heterocycles. The van der Waals surface area contributed by atoms with Crippen LogP contribution in [0.15, 0.2) is 24.3 Å². The summed E-state index contributed by atoms with van der Waals surface area (Å²) in [4.78, 5) is 3.62. The molecule has 13 heavy (non-hydrogen) atoms. The smallest absolute Gasteiger partial charge is 0.219 e. The summed E-state index contributed by atoms with van der Waals surface area (Å²) in [6.07, 6.45) is 0. The topological polar surface area (TPSA) is 12.9 Å². The minimum absolute atomic E-state index is 0.0590. The third kappa shape index (κ3) is 1.39. The van der Waals surface area contributed by atoms with E-state index in [4.69, 9.17) is 0 Å². The summed E-state index contributed by atoms with van der Waals surface area (Å²) in [5.74, 6) is -1.29. The van der Waals surface area contributed by atoms with Gasteiger partial charge in [0.2, 0.25) is 5.95 Å². The molecule has 2 aromatic rings. The van der Waals surface area contributed by atoms with Crippen LogP contribution in [0.3, 0.4) is 0 Å². The van der Waals surface area contributed by atoms with Crippen LogP contribution in [0.5, 0.6) is 0 Å². The first kappa shape index (κ1) is 8.80. The summed E-state index contributed by atoms with van der Waals surface area (Å²) in [7, 11) is 0. The SMILES string of the molecule is Fc1nc2ccccc2c(F)c1I. The average Bonchev–Trinajstić information content (AvgIpc) is 2.15. The van der Waals surface area contributed by atoms with Crippen LogP contribution in [0.4, 0.5) is 8.78 Å². The Morgan fingerprint density at radius 3 is 2.62 bits per heavy atom. The highest BCUT2D eigenvalue weighted by atomic mass is 127. The number of para-hydroxylation sites is 1. The zero-order chi connectivity index (χ0) is 9.42. The van der Waals surface area contributed by atoms with Crippen molar-refractivity contribution in [2.75, 3.05) is 0 Å². The lowest BCUT2D eigenvalue weighted by molar-refractivity contribution is 0.550. The fourth-order valence-corrected chi connectivity index (χ4v) is 1.53. The molecule has 0 amide bonds. The number of hydrogen-bond acceptors (Lipinski definition) is 1. The Hall–Kier alpha value is -0.780. The van der Waals surface area contributed by atoms with E-state index in [1.54, 1.807) is 46.9 Å². The molecule has 0 spiro atoms. The van der Waals surface area contributed by atoms with Crippen molar-refractivity contribution in [1.82, 2.24) is 4.98 Å². The Morgan fingerprint density at radius 1 is 1.15 bits per heavy atom. The summed E-state index contributed by atoms with van der Waals surface area (Å²) in [6.45, 7) is 0. The third-order valence-corrected chi connectivity index (χ3v) is 2.65. The van der Waals surface area contributed by atoms with Crippen molar-refractivity contribution in [1.29, 1.82) is 0 Å². The first-order chi connectivity index (χ1) is 6.20. The van der Waals surface area contributed by atoms with Crippen molar-refractivity contribution in [3.8, 4) is 0 Å². The van der Waals surface area contributed by atoms with Crippen LogP contribution in [0.1, 0.15) is 0 Å². The van der Waals surface area contributed by atoms with E-state index >= 15 is 0 Å². The molecule has 1 aromatic carbocycles. The van der Waals surface area contributed by atoms with Gasteiger partial charge in [-0.05, 0) is 34.7 Å². The lowest BCUT2D eigenvalue weighted by Crippen LogP contribution is -1.94. The van der Waals surface area contributed by atoms with Gasteiger partial charge in [-0.3, -0.25) is 0 Å². The van der Waals surface area contributed by atoms with Gasteiger partial charge >= 0.3 is 0 Å². The van der Waals surface area contributed by atoms with Gasteiger partial charge in [-0.2, -0.15) is 4.39 Å².